The van der Waals surface area contributed by atoms with Crippen LogP contribution in [0, 0.1) is 0 Å². The van der Waals surface area contributed by atoms with Gasteiger partial charge < -0.3 is 10.6 Å². The second-order valence-electron chi connectivity index (χ2n) is 5.50. The molecule has 0 aromatic heterocycles. The fourth-order valence-electron chi connectivity index (χ4n) is 3.04. The fourth-order valence-corrected chi connectivity index (χ4v) is 3.04. The molecule has 0 aliphatic heterocycles. The van der Waals surface area contributed by atoms with E-state index in [1.54, 1.807) is 0 Å². The van der Waals surface area contributed by atoms with Gasteiger partial charge in [0.1, 0.15) is 0 Å². The molecule has 3 nitrogen and oxygen atoms in total. The van der Waals surface area contributed by atoms with Gasteiger partial charge in [0.15, 0.2) is 0 Å². The van der Waals surface area contributed by atoms with E-state index in [-0.39, 0.29) is 0 Å². The molecule has 1 saturated carbocycles. The normalized spacial score (nSPS) is 27.0. The van der Waals surface area contributed by atoms with E-state index in [9.17, 15) is 0 Å². The van der Waals surface area contributed by atoms with Gasteiger partial charge in [0.2, 0.25) is 0 Å². The highest BCUT2D eigenvalue weighted by molar-refractivity contribution is 4.89. The first-order valence-electron chi connectivity index (χ1n) is 6.70. The van der Waals surface area contributed by atoms with Crippen LogP contribution in [0.25, 0.3) is 0 Å². The predicted octanol–water partition coefficient (Wildman–Crippen LogP) is 1.53. The molecule has 1 rings (SSSR count). The number of hydrogen-bond donors (Lipinski definition) is 1. The summed E-state index contributed by atoms with van der Waals surface area (Å²) in [4.78, 5) is 5.00. The summed E-state index contributed by atoms with van der Waals surface area (Å²) in [6.45, 7) is 6.38. The zero-order valence-electron chi connectivity index (χ0n) is 11.4. The van der Waals surface area contributed by atoms with E-state index in [1.165, 1.54) is 25.7 Å². The van der Waals surface area contributed by atoms with E-state index >= 15 is 0 Å². The molecule has 16 heavy (non-hydrogen) atoms. The number of rotatable bonds is 5. The zero-order valence-corrected chi connectivity index (χ0v) is 11.4. The number of likely N-dealkylation sites (N-methyl/N-ethyl adjacent to an activating group) is 1. The van der Waals surface area contributed by atoms with Gasteiger partial charge in [0.25, 0.3) is 0 Å². The molecule has 0 aromatic carbocycles. The average molecular weight is 227 g/mol. The van der Waals surface area contributed by atoms with Crippen molar-refractivity contribution in [1.29, 1.82) is 0 Å². The summed E-state index contributed by atoms with van der Waals surface area (Å²) in [5.74, 6) is 0. The molecule has 96 valence electrons. The third kappa shape index (κ3) is 3.44. The second kappa shape index (κ2) is 6.58. The third-order valence-corrected chi connectivity index (χ3v) is 3.83. The predicted molar refractivity (Wildman–Crippen MR) is 70.6 cm³/mol. The van der Waals surface area contributed by atoms with Crippen LogP contribution < -0.4 is 5.73 Å². The van der Waals surface area contributed by atoms with E-state index < -0.39 is 0 Å². The Morgan fingerprint density at radius 1 is 1.12 bits per heavy atom. The monoisotopic (exact) mass is 227 g/mol. The minimum atomic E-state index is 0.606. The van der Waals surface area contributed by atoms with Crippen LogP contribution in [0.4, 0.5) is 0 Å². The molecule has 0 bridgehead atoms. The molecular weight excluding hydrogens is 198 g/mol. The third-order valence-electron chi connectivity index (χ3n) is 3.83. The molecular formula is C13H29N3. The standard InChI is InChI=1S/C13H29N3/c1-11(2)16(10-9-14)13-8-6-5-7-12(13)15(3)4/h11-13H,5-10,14H2,1-4H3/t12-,13-/m0/s1. The quantitative estimate of drug-likeness (QED) is 0.773. The maximum atomic E-state index is 5.74. The lowest BCUT2D eigenvalue weighted by Gasteiger charge is -2.44. The van der Waals surface area contributed by atoms with Crippen LogP contribution in [0.5, 0.6) is 0 Å². The van der Waals surface area contributed by atoms with Crippen molar-refractivity contribution in [2.75, 3.05) is 27.2 Å². The molecule has 2 N–H and O–H groups in total. The van der Waals surface area contributed by atoms with Crippen LogP contribution >= 0.6 is 0 Å². The molecule has 3 heteroatoms. The second-order valence-corrected chi connectivity index (χ2v) is 5.50. The van der Waals surface area contributed by atoms with Gasteiger partial charge in [-0.3, -0.25) is 4.90 Å². The van der Waals surface area contributed by atoms with Crippen molar-refractivity contribution in [2.24, 2.45) is 5.73 Å². The Morgan fingerprint density at radius 3 is 2.12 bits per heavy atom. The van der Waals surface area contributed by atoms with E-state index in [2.05, 4.69) is 37.7 Å². The molecule has 0 spiro atoms. The summed E-state index contributed by atoms with van der Waals surface area (Å²) < 4.78 is 0. The first-order chi connectivity index (χ1) is 7.57. The van der Waals surface area contributed by atoms with E-state index in [0.29, 0.717) is 18.1 Å². The van der Waals surface area contributed by atoms with Crippen LogP contribution in [0.2, 0.25) is 0 Å². The van der Waals surface area contributed by atoms with Crippen molar-refractivity contribution in [3.63, 3.8) is 0 Å². The van der Waals surface area contributed by atoms with Gasteiger partial charge in [-0.05, 0) is 40.8 Å². The first kappa shape index (κ1) is 13.9. The van der Waals surface area contributed by atoms with Gasteiger partial charge in [-0.15, -0.1) is 0 Å². The molecule has 0 saturated heterocycles. The molecule has 0 aromatic rings. The van der Waals surface area contributed by atoms with Gasteiger partial charge in [-0.1, -0.05) is 12.8 Å². The minimum absolute atomic E-state index is 0.606. The zero-order chi connectivity index (χ0) is 12.1. The van der Waals surface area contributed by atoms with E-state index in [4.69, 9.17) is 5.73 Å². The highest BCUT2D eigenvalue weighted by atomic mass is 15.2. The number of nitrogens with two attached hydrogens (primary N) is 1. The van der Waals surface area contributed by atoms with Gasteiger partial charge >= 0.3 is 0 Å². The highest BCUT2D eigenvalue weighted by Crippen LogP contribution is 2.27. The summed E-state index contributed by atoms with van der Waals surface area (Å²) >= 11 is 0. The smallest absolute Gasteiger partial charge is 0.0254 e. The lowest BCUT2D eigenvalue weighted by molar-refractivity contribution is 0.0547. The van der Waals surface area contributed by atoms with Crippen molar-refractivity contribution < 1.29 is 0 Å². The molecule has 1 aliphatic carbocycles. The van der Waals surface area contributed by atoms with Gasteiger partial charge in [0, 0.05) is 31.2 Å². The topological polar surface area (TPSA) is 32.5 Å². The van der Waals surface area contributed by atoms with Crippen LogP contribution in [0.1, 0.15) is 39.5 Å². The average Bonchev–Trinajstić information content (AvgIpc) is 2.25. The Morgan fingerprint density at radius 2 is 1.69 bits per heavy atom. The van der Waals surface area contributed by atoms with Gasteiger partial charge in [-0.2, -0.15) is 0 Å². The van der Waals surface area contributed by atoms with Crippen LogP contribution in [0.3, 0.4) is 0 Å². The summed E-state index contributed by atoms with van der Waals surface area (Å²) in [5.41, 5.74) is 5.74. The Kier molecular flexibility index (Phi) is 5.73. The maximum absolute atomic E-state index is 5.74. The molecule has 1 fully saturated rings. The van der Waals surface area contributed by atoms with E-state index in [0.717, 1.165) is 13.1 Å². The number of nitrogens with zero attached hydrogens (tertiary/aromatic N) is 2. The maximum Gasteiger partial charge on any atom is 0.0254 e. The lowest BCUT2D eigenvalue weighted by atomic mass is 9.87. The largest absolute Gasteiger partial charge is 0.329 e. The first-order valence-corrected chi connectivity index (χ1v) is 6.70. The molecule has 0 heterocycles. The van der Waals surface area contributed by atoms with Gasteiger partial charge in [0.05, 0.1) is 0 Å². The number of hydrogen-bond acceptors (Lipinski definition) is 3. The Bertz CT molecular complexity index is 192. The SMILES string of the molecule is CC(C)N(CCN)[C@H]1CCCC[C@@H]1N(C)C. The van der Waals surface area contributed by atoms with Crippen molar-refractivity contribution in [3.05, 3.63) is 0 Å². The lowest BCUT2D eigenvalue weighted by Crippen LogP contribution is -2.54. The Labute approximate surface area is 101 Å². The van der Waals surface area contributed by atoms with Crippen LogP contribution in [-0.4, -0.2) is 55.1 Å². The highest BCUT2D eigenvalue weighted by Gasteiger charge is 2.32. The van der Waals surface area contributed by atoms with Crippen molar-refractivity contribution >= 4 is 0 Å². The molecule has 2 atom stereocenters. The minimum Gasteiger partial charge on any atom is -0.329 e. The van der Waals surface area contributed by atoms with Gasteiger partial charge in [-0.25, -0.2) is 0 Å². The molecule has 1 aliphatic rings. The Hall–Kier alpha value is -0.120. The molecule has 0 radical (unpaired) electrons. The fraction of sp³-hybridized carbons (Fsp3) is 1.00. The Balaban J connectivity index is 2.70. The molecule has 0 amide bonds. The summed E-state index contributed by atoms with van der Waals surface area (Å²) in [5, 5.41) is 0. The van der Waals surface area contributed by atoms with E-state index in [1.807, 2.05) is 0 Å². The molecule has 0 unspecified atom stereocenters. The summed E-state index contributed by atoms with van der Waals surface area (Å²) in [6, 6.07) is 2.02. The summed E-state index contributed by atoms with van der Waals surface area (Å²) in [7, 11) is 4.42. The van der Waals surface area contributed by atoms with Crippen LogP contribution in [-0.2, 0) is 0 Å². The van der Waals surface area contributed by atoms with Crippen molar-refractivity contribution in [1.82, 2.24) is 9.80 Å². The van der Waals surface area contributed by atoms with Crippen molar-refractivity contribution in [3.8, 4) is 0 Å². The van der Waals surface area contributed by atoms with Crippen molar-refractivity contribution in [2.45, 2.75) is 57.7 Å². The van der Waals surface area contributed by atoms with Crippen LogP contribution in [0.15, 0.2) is 0 Å². The summed E-state index contributed by atoms with van der Waals surface area (Å²) in [6.07, 6.45) is 5.43.